The number of fused-ring (bicyclic) bond motifs is 1. The van der Waals surface area contributed by atoms with Crippen LogP contribution in [-0.2, 0) is 22.7 Å². The van der Waals surface area contributed by atoms with Gasteiger partial charge in [0.2, 0.25) is 5.91 Å². The Balaban J connectivity index is 1.98. The van der Waals surface area contributed by atoms with E-state index in [2.05, 4.69) is 20.6 Å². The number of nitrogens with zero attached hydrogens (tertiary/aromatic N) is 3. The molecule has 146 valence electrons. The molecule has 0 radical (unpaired) electrons. The predicted molar refractivity (Wildman–Crippen MR) is 102 cm³/mol. The van der Waals surface area contributed by atoms with Gasteiger partial charge in [-0.15, -0.1) is 11.3 Å². The summed E-state index contributed by atoms with van der Waals surface area (Å²) in [7, 11) is 1.56. The van der Waals surface area contributed by atoms with E-state index in [0.29, 0.717) is 31.3 Å². The molecule has 2 N–H and O–H groups in total. The van der Waals surface area contributed by atoms with E-state index >= 15 is 0 Å². The summed E-state index contributed by atoms with van der Waals surface area (Å²) in [6, 6.07) is -0.678. The molecule has 0 saturated carbocycles. The second-order valence-corrected chi connectivity index (χ2v) is 8.41. The number of hydrogen-bond donors (Lipinski definition) is 2. The van der Waals surface area contributed by atoms with Crippen molar-refractivity contribution in [1.29, 1.82) is 0 Å². The number of hydrogen-bond acceptors (Lipinski definition) is 6. The minimum Gasteiger partial charge on any atom is -0.375 e. The zero-order valence-electron chi connectivity index (χ0n) is 16.0. The molecule has 1 atom stereocenters. The highest BCUT2D eigenvalue weighted by Gasteiger charge is 2.34. The first kappa shape index (κ1) is 19.5. The first-order valence-corrected chi connectivity index (χ1v) is 9.80. The molecule has 2 amide bonds. The summed E-state index contributed by atoms with van der Waals surface area (Å²) in [5, 5.41) is 8.11. The molecule has 2 aromatic heterocycles. The third-order valence-electron chi connectivity index (χ3n) is 4.47. The van der Waals surface area contributed by atoms with Crippen molar-refractivity contribution in [2.75, 3.05) is 13.7 Å². The van der Waals surface area contributed by atoms with Crippen LogP contribution in [-0.4, -0.2) is 46.0 Å². The SMILES string of the molecule is CNC(=O)[C@@H](NC(=O)c1nc(-c2nccs2)n2c1COCCC2)C(C)(C)C. The number of thiazole rings is 1. The van der Waals surface area contributed by atoms with Crippen LogP contribution in [0.2, 0.25) is 0 Å². The summed E-state index contributed by atoms with van der Waals surface area (Å²) in [5.74, 6) is 0.0519. The maximum atomic E-state index is 13.0. The maximum absolute atomic E-state index is 13.0. The van der Waals surface area contributed by atoms with Gasteiger partial charge in [0, 0.05) is 31.8 Å². The average Bonchev–Trinajstić information content (AvgIpc) is 3.20. The molecule has 1 aliphatic heterocycles. The van der Waals surface area contributed by atoms with Gasteiger partial charge >= 0.3 is 0 Å². The maximum Gasteiger partial charge on any atom is 0.272 e. The van der Waals surface area contributed by atoms with Crippen LogP contribution >= 0.6 is 11.3 Å². The standard InChI is InChI=1S/C18H25N5O3S/c1-18(2,3)13(16(25)19-4)22-15(24)12-11-10-26-8-5-7-23(11)14(21-12)17-20-6-9-27-17/h6,9,13H,5,7-8,10H2,1-4H3,(H,19,25)(H,22,24)/t13-/m1/s1. The monoisotopic (exact) mass is 391 g/mol. The van der Waals surface area contributed by atoms with Crippen LogP contribution in [0.4, 0.5) is 0 Å². The lowest BCUT2D eigenvalue weighted by Crippen LogP contribution is -2.53. The van der Waals surface area contributed by atoms with Crippen LogP contribution in [0, 0.1) is 5.41 Å². The van der Waals surface area contributed by atoms with E-state index in [-0.39, 0.29) is 11.8 Å². The molecule has 0 aliphatic carbocycles. The van der Waals surface area contributed by atoms with Gasteiger partial charge in [0.05, 0.1) is 12.3 Å². The number of aromatic nitrogens is 3. The van der Waals surface area contributed by atoms with E-state index < -0.39 is 11.5 Å². The minimum atomic E-state index is -0.678. The highest BCUT2D eigenvalue weighted by Crippen LogP contribution is 2.27. The summed E-state index contributed by atoms with van der Waals surface area (Å²) >= 11 is 1.48. The van der Waals surface area contributed by atoms with Crippen molar-refractivity contribution in [3.8, 4) is 10.8 Å². The smallest absolute Gasteiger partial charge is 0.272 e. The van der Waals surface area contributed by atoms with Crippen LogP contribution in [0.3, 0.4) is 0 Å². The number of imidazole rings is 1. The van der Waals surface area contributed by atoms with Crippen LogP contribution in [0.1, 0.15) is 43.4 Å². The van der Waals surface area contributed by atoms with Crippen molar-refractivity contribution < 1.29 is 14.3 Å². The predicted octanol–water partition coefficient (Wildman–Crippen LogP) is 1.82. The van der Waals surface area contributed by atoms with Crippen molar-refractivity contribution in [2.45, 2.75) is 46.4 Å². The van der Waals surface area contributed by atoms with Crippen molar-refractivity contribution in [3.05, 3.63) is 23.0 Å². The molecule has 8 nitrogen and oxygen atoms in total. The quantitative estimate of drug-likeness (QED) is 0.828. The van der Waals surface area contributed by atoms with Crippen LogP contribution in [0.25, 0.3) is 10.8 Å². The van der Waals surface area contributed by atoms with Gasteiger partial charge in [-0.25, -0.2) is 9.97 Å². The lowest BCUT2D eigenvalue weighted by molar-refractivity contribution is -0.124. The summed E-state index contributed by atoms with van der Waals surface area (Å²) in [4.78, 5) is 34.2. The molecule has 2 aromatic rings. The molecular weight excluding hydrogens is 366 g/mol. The fourth-order valence-corrected chi connectivity index (χ4v) is 3.70. The van der Waals surface area contributed by atoms with Gasteiger partial charge in [0.15, 0.2) is 16.5 Å². The van der Waals surface area contributed by atoms with Gasteiger partial charge < -0.3 is 19.9 Å². The topological polar surface area (TPSA) is 98.1 Å². The third-order valence-corrected chi connectivity index (χ3v) is 5.24. The van der Waals surface area contributed by atoms with Crippen molar-refractivity contribution in [2.24, 2.45) is 5.41 Å². The number of ether oxygens (including phenoxy) is 1. The summed E-state index contributed by atoms with van der Waals surface area (Å²) < 4.78 is 7.65. The van der Waals surface area contributed by atoms with Gasteiger partial charge in [-0.2, -0.15) is 0 Å². The Bertz CT molecular complexity index is 823. The molecule has 0 fully saturated rings. The molecule has 0 bridgehead atoms. The van der Waals surface area contributed by atoms with Crippen LogP contribution in [0.15, 0.2) is 11.6 Å². The van der Waals surface area contributed by atoms with E-state index in [9.17, 15) is 9.59 Å². The summed E-state index contributed by atoms with van der Waals surface area (Å²) in [5.41, 5.74) is 0.571. The second-order valence-electron chi connectivity index (χ2n) is 7.51. The molecule has 0 unspecified atom stereocenters. The van der Waals surface area contributed by atoms with Gasteiger partial charge in [-0.1, -0.05) is 20.8 Å². The second kappa shape index (κ2) is 7.77. The minimum absolute atomic E-state index is 0.238. The number of carbonyl (C=O) groups is 2. The highest BCUT2D eigenvalue weighted by atomic mass is 32.1. The van der Waals surface area contributed by atoms with Gasteiger partial charge in [-0.3, -0.25) is 9.59 Å². The fraction of sp³-hybridized carbons (Fsp3) is 0.556. The van der Waals surface area contributed by atoms with Crippen molar-refractivity contribution in [3.63, 3.8) is 0 Å². The van der Waals surface area contributed by atoms with Gasteiger partial charge in [0.1, 0.15) is 6.04 Å². The van der Waals surface area contributed by atoms with Crippen LogP contribution < -0.4 is 10.6 Å². The van der Waals surface area contributed by atoms with E-state index in [4.69, 9.17) is 4.74 Å². The first-order chi connectivity index (χ1) is 12.8. The number of carbonyl (C=O) groups excluding carboxylic acids is 2. The van der Waals surface area contributed by atoms with Crippen molar-refractivity contribution >= 4 is 23.2 Å². The molecule has 0 spiro atoms. The van der Waals surface area contributed by atoms with Gasteiger partial charge in [-0.05, 0) is 11.8 Å². The molecule has 27 heavy (non-hydrogen) atoms. The molecule has 3 heterocycles. The number of likely N-dealkylation sites (N-methyl/N-ethyl adjacent to an activating group) is 1. The number of nitrogens with one attached hydrogen (secondary N) is 2. The van der Waals surface area contributed by atoms with E-state index in [0.717, 1.165) is 17.1 Å². The Morgan fingerprint density at radius 3 is 2.78 bits per heavy atom. The summed E-state index contributed by atoms with van der Waals surface area (Å²) in [6.45, 7) is 7.37. The third kappa shape index (κ3) is 4.03. The molecule has 1 aliphatic rings. The molecule has 9 heteroatoms. The van der Waals surface area contributed by atoms with Crippen molar-refractivity contribution in [1.82, 2.24) is 25.2 Å². The molecule has 0 aromatic carbocycles. The Labute approximate surface area is 162 Å². The van der Waals surface area contributed by atoms with Crippen LogP contribution in [0.5, 0.6) is 0 Å². The average molecular weight is 391 g/mol. The highest BCUT2D eigenvalue weighted by molar-refractivity contribution is 7.13. The normalized spacial score (nSPS) is 15.6. The molecule has 0 saturated heterocycles. The van der Waals surface area contributed by atoms with Gasteiger partial charge in [0.25, 0.3) is 5.91 Å². The fourth-order valence-electron chi connectivity index (χ4n) is 3.07. The zero-order valence-corrected chi connectivity index (χ0v) is 16.9. The summed E-state index contributed by atoms with van der Waals surface area (Å²) in [6.07, 6.45) is 2.56. The first-order valence-electron chi connectivity index (χ1n) is 8.92. The Morgan fingerprint density at radius 1 is 1.37 bits per heavy atom. The lowest BCUT2D eigenvalue weighted by Gasteiger charge is -2.29. The Hall–Kier alpha value is -2.26. The largest absolute Gasteiger partial charge is 0.375 e. The van der Waals surface area contributed by atoms with E-state index in [1.54, 1.807) is 13.2 Å². The zero-order chi connectivity index (χ0) is 19.6. The number of amides is 2. The van der Waals surface area contributed by atoms with E-state index in [1.807, 2.05) is 30.7 Å². The van der Waals surface area contributed by atoms with E-state index in [1.165, 1.54) is 11.3 Å². The number of rotatable bonds is 4. The molecular formula is C18H25N5O3S. The molecule has 3 rings (SSSR count). The lowest BCUT2D eigenvalue weighted by atomic mass is 9.86. The Kier molecular flexibility index (Phi) is 5.61. The Morgan fingerprint density at radius 2 is 2.15 bits per heavy atom.